The fourth-order valence-corrected chi connectivity index (χ4v) is 5.33. The van der Waals surface area contributed by atoms with Gasteiger partial charge >= 0.3 is 5.97 Å². The smallest absolute Gasteiger partial charge is 0.323 e. The van der Waals surface area contributed by atoms with Crippen LogP contribution in [-0.4, -0.2) is 25.7 Å². The maximum Gasteiger partial charge on any atom is 0.323 e. The van der Waals surface area contributed by atoms with E-state index in [1.54, 1.807) is 6.07 Å². The lowest BCUT2D eigenvalue weighted by atomic mass is 9.87. The van der Waals surface area contributed by atoms with E-state index < -0.39 is 0 Å². The molecule has 2 aliphatic rings. The van der Waals surface area contributed by atoms with E-state index in [0.29, 0.717) is 35.5 Å². The maximum absolute atomic E-state index is 12.0. The second-order valence-corrected chi connectivity index (χ2v) is 10.2. The van der Waals surface area contributed by atoms with Crippen molar-refractivity contribution in [2.45, 2.75) is 50.8 Å². The van der Waals surface area contributed by atoms with Crippen molar-refractivity contribution in [3.8, 4) is 11.5 Å². The van der Waals surface area contributed by atoms with Crippen molar-refractivity contribution in [1.29, 1.82) is 0 Å². The zero-order chi connectivity index (χ0) is 25.2. The summed E-state index contributed by atoms with van der Waals surface area (Å²) in [4.78, 5) is 12.0. The zero-order valence-corrected chi connectivity index (χ0v) is 21.9. The molecular formula is C29H29Cl2NO4. The van der Waals surface area contributed by atoms with E-state index in [4.69, 9.17) is 37.4 Å². The minimum atomic E-state index is -0.306. The third kappa shape index (κ3) is 5.34. The molecule has 0 aliphatic carbocycles. The number of hydrogen-bond donors (Lipinski definition) is 1. The average molecular weight is 526 g/mol. The molecule has 0 bridgehead atoms. The highest BCUT2D eigenvalue weighted by Crippen LogP contribution is 2.36. The number of esters is 1. The molecule has 3 aromatic carbocycles. The monoisotopic (exact) mass is 525 g/mol. The highest BCUT2D eigenvalue weighted by atomic mass is 35.5. The number of benzene rings is 3. The van der Waals surface area contributed by atoms with E-state index in [-0.39, 0.29) is 18.1 Å². The van der Waals surface area contributed by atoms with Gasteiger partial charge in [-0.25, -0.2) is 0 Å². The van der Waals surface area contributed by atoms with Crippen LogP contribution in [0.4, 0.5) is 0 Å². The van der Waals surface area contributed by atoms with Crippen LogP contribution < -0.4 is 14.8 Å². The first-order valence-electron chi connectivity index (χ1n) is 12.2. The SMILES string of the molecule is COC(=O)[C@@H]1Cc2cc3c(cc2CN1)CC(c1ccc(OC(C)c2ccc(Cl)c(Cl)c2)cc1)CCO3. The van der Waals surface area contributed by atoms with Crippen molar-refractivity contribution >= 4 is 29.2 Å². The Balaban J connectivity index is 1.28. The molecule has 0 spiro atoms. The summed E-state index contributed by atoms with van der Waals surface area (Å²) in [6.07, 6.45) is 2.30. The van der Waals surface area contributed by atoms with Gasteiger partial charge in [-0.3, -0.25) is 4.79 Å². The lowest BCUT2D eigenvalue weighted by Gasteiger charge is -2.25. The number of carbonyl (C=O) groups excluding carboxylic acids is 1. The highest BCUT2D eigenvalue weighted by Gasteiger charge is 2.28. The Hall–Kier alpha value is -2.73. The van der Waals surface area contributed by atoms with Crippen molar-refractivity contribution in [2.75, 3.05) is 13.7 Å². The predicted molar refractivity (Wildman–Crippen MR) is 141 cm³/mol. The van der Waals surface area contributed by atoms with Gasteiger partial charge in [0.2, 0.25) is 0 Å². The van der Waals surface area contributed by atoms with Crippen molar-refractivity contribution in [3.63, 3.8) is 0 Å². The number of ether oxygens (including phenoxy) is 3. The summed E-state index contributed by atoms with van der Waals surface area (Å²) in [5.41, 5.74) is 5.82. The Morgan fingerprint density at radius 2 is 1.81 bits per heavy atom. The van der Waals surface area contributed by atoms with Gasteiger partial charge in [0.1, 0.15) is 23.6 Å². The van der Waals surface area contributed by atoms with Crippen molar-refractivity contribution < 1.29 is 19.0 Å². The summed E-state index contributed by atoms with van der Waals surface area (Å²) < 4.78 is 17.2. The quantitative estimate of drug-likeness (QED) is 0.389. The molecule has 0 fully saturated rings. The number of nitrogens with one attached hydrogen (secondary N) is 1. The normalized spacial score (nSPS) is 19.8. The predicted octanol–water partition coefficient (Wildman–Crippen LogP) is 6.43. The maximum atomic E-state index is 12.0. The summed E-state index contributed by atoms with van der Waals surface area (Å²) in [5, 5.41) is 4.35. The fraction of sp³-hybridized carbons (Fsp3) is 0.345. The summed E-state index contributed by atoms with van der Waals surface area (Å²) in [5.74, 6) is 1.86. The molecule has 0 aromatic heterocycles. The van der Waals surface area contributed by atoms with Crippen LogP contribution in [0.2, 0.25) is 10.0 Å². The molecule has 3 atom stereocenters. The molecule has 0 amide bonds. The molecule has 0 saturated carbocycles. The van der Waals surface area contributed by atoms with Crippen LogP contribution in [0.15, 0.2) is 54.6 Å². The standard InChI is InChI=1S/C29H29Cl2NO4/c1-17(19-5-8-25(30)26(31)13-19)36-24-6-3-18(4-7-24)20-9-10-35-28-15-21-14-27(29(33)34-2)32-16-23(21)12-22(28)11-20/h3-8,12-13,15,17,20,27,32H,9-11,14,16H2,1-2H3/t17?,20?,27-/m0/s1. The highest BCUT2D eigenvalue weighted by molar-refractivity contribution is 6.42. The summed E-state index contributed by atoms with van der Waals surface area (Å²) in [7, 11) is 1.43. The molecule has 0 saturated heterocycles. The molecule has 0 radical (unpaired) electrons. The Morgan fingerprint density at radius 3 is 2.56 bits per heavy atom. The van der Waals surface area contributed by atoms with Gasteiger partial charge in [0.25, 0.3) is 0 Å². The molecule has 2 unspecified atom stereocenters. The van der Waals surface area contributed by atoms with Crippen molar-refractivity contribution in [3.05, 3.63) is 92.5 Å². The Kier molecular flexibility index (Phi) is 7.42. The molecule has 2 aliphatic heterocycles. The lowest BCUT2D eigenvalue weighted by molar-refractivity contribution is -0.143. The van der Waals surface area contributed by atoms with Gasteiger partial charge in [0, 0.05) is 6.54 Å². The van der Waals surface area contributed by atoms with Crippen LogP contribution in [0, 0.1) is 0 Å². The number of halogens is 2. The Labute approximate surface area is 221 Å². The molecule has 3 aromatic rings. The minimum Gasteiger partial charge on any atom is -0.493 e. The van der Waals surface area contributed by atoms with E-state index in [1.807, 2.05) is 31.2 Å². The number of rotatable bonds is 5. The second-order valence-electron chi connectivity index (χ2n) is 9.43. The molecule has 5 nitrogen and oxygen atoms in total. The summed E-state index contributed by atoms with van der Waals surface area (Å²) in [6.45, 7) is 3.30. The van der Waals surface area contributed by atoms with Gasteiger partial charge in [-0.05, 0) is 90.3 Å². The fourth-order valence-electron chi connectivity index (χ4n) is 5.02. The van der Waals surface area contributed by atoms with Gasteiger partial charge in [-0.15, -0.1) is 0 Å². The molecule has 36 heavy (non-hydrogen) atoms. The van der Waals surface area contributed by atoms with E-state index in [2.05, 4.69) is 29.6 Å². The molecule has 5 rings (SSSR count). The number of fused-ring (bicyclic) bond motifs is 2. The topological polar surface area (TPSA) is 56.8 Å². The van der Waals surface area contributed by atoms with E-state index in [9.17, 15) is 4.79 Å². The summed E-state index contributed by atoms with van der Waals surface area (Å²) >= 11 is 12.2. The van der Waals surface area contributed by atoms with Gasteiger partial charge in [0.05, 0.1) is 23.8 Å². The van der Waals surface area contributed by atoms with Crippen molar-refractivity contribution in [1.82, 2.24) is 5.32 Å². The third-order valence-electron chi connectivity index (χ3n) is 7.10. The van der Waals surface area contributed by atoms with Gasteiger partial charge in [-0.1, -0.05) is 47.5 Å². The van der Waals surface area contributed by atoms with E-state index >= 15 is 0 Å². The van der Waals surface area contributed by atoms with Crippen LogP contribution in [0.1, 0.15) is 53.2 Å². The van der Waals surface area contributed by atoms with Crippen LogP contribution in [0.25, 0.3) is 0 Å². The Bertz CT molecular complexity index is 1260. The van der Waals surface area contributed by atoms with Crippen LogP contribution in [0.3, 0.4) is 0 Å². The average Bonchev–Trinajstić information content (AvgIpc) is 3.10. The first-order valence-corrected chi connectivity index (χ1v) is 13.0. The van der Waals surface area contributed by atoms with Gasteiger partial charge in [0.15, 0.2) is 0 Å². The van der Waals surface area contributed by atoms with Crippen LogP contribution in [-0.2, 0) is 28.9 Å². The number of methoxy groups -OCH3 is 1. The summed E-state index contributed by atoms with van der Waals surface area (Å²) in [6, 6.07) is 18.0. The number of hydrogen-bond acceptors (Lipinski definition) is 5. The van der Waals surface area contributed by atoms with Gasteiger partial charge in [-0.2, -0.15) is 0 Å². The first kappa shape index (κ1) is 24.9. The van der Waals surface area contributed by atoms with Gasteiger partial charge < -0.3 is 19.5 Å². The molecule has 188 valence electrons. The molecule has 2 heterocycles. The first-order chi connectivity index (χ1) is 17.4. The number of carbonyl (C=O) groups is 1. The minimum absolute atomic E-state index is 0.151. The molecular weight excluding hydrogens is 497 g/mol. The van der Waals surface area contributed by atoms with Crippen LogP contribution >= 0.6 is 23.2 Å². The lowest BCUT2D eigenvalue weighted by Crippen LogP contribution is -2.42. The van der Waals surface area contributed by atoms with E-state index in [0.717, 1.165) is 35.5 Å². The second kappa shape index (κ2) is 10.7. The van der Waals surface area contributed by atoms with Crippen LogP contribution in [0.5, 0.6) is 11.5 Å². The molecule has 7 heteroatoms. The van der Waals surface area contributed by atoms with E-state index in [1.165, 1.54) is 23.8 Å². The third-order valence-corrected chi connectivity index (χ3v) is 7.84. The largest absolute Gasteiger partial charge is 0.493 e. The molecule has 1 N–H and O–H groups in total. The Morgan fingerprint density at radius 1 is 1.00 bits per heavy atom. The zero-order valence-electron chi connectivity index (χ0n) is 20.4. The van der Waals surface area contributed by atoms with Crippen molar-refractivity contribution in [2.24, 2.45) is 0 Å².